The van der Waals surface area contributed by atoms with Crippen LogP contribution in [0.1, 0.15) is 25.8 Å². The molecule has 2 N–H and O–H groups in total. The van der Waals surface area contributed by atoms with Crippen LogP contribution in [0.15, 0.2) is 30.3 Å². The van der Waals surface area contributed by atoms with Gasteiger partial charge in [-0.05, 0) is 18.9 Å². The molecule has 0 aromatic heterocycles. The minimum Gasteiger partial charge on any atom is -0.377 e. The van der Waals surface area contributed by atoms with Gasteiger partial charge in [-0.1, -0.05) is 37.3 Å². The summed E-state index contributed by atoms with van der Waals surface area (Å²) in [5.74, 6) is 0. The first-order valence-corrected chi connectivity index (χ1v) is 7.23. The highest BCUT2D eigenvalue weighted by atomic mass is 16.5. The van der Waals surface area contributed by atoms with E-state index in [1.54, 1.807) is 0 Å². The number of nitrogens with zero attached hydrogens (tertiary/aromatic N) is 1. The van der Waals surface area contributed by atoms with Gasteiger partial charge in [0.25, 0.3) is 0 Å². The highest BCUT2D eigenvalue weighted by molar-refractivity contribution is 5.25. The molecule has 1 aliphatic heterocycles. The predicted molar refractivity (Wildman–Crippen MR) is 79.3 cm³/mol. The van der Waals surface area contributed by atoms with Crippen LogP contribution in [0.25, 0.3) is 0 Å². The zero-order chi connectivity index (χ0) is 13.7. The molecule has 1 aromatic rings. The number of rotatable bonds is 4. The van der Waals surface area contributed by atoms with E-state index < -0.39 is 0 Å². The van der Waals surface area contributed by atoms with Crippen LogP contribution in [0.5, 0.6) is 0 Å². The summed E-state index contributed by atoms with van der Waals surface area (Å²) in [6.45, 7) is 9.07. The van der Waals surface area contributed by atoms with E-state index in [0.717, 1.165) is 32.7 Å². The third-order valence-electron chi connectivity index (χ3n) is 4.03. The molecule has 0 amide bonds. The zero-order valence-electron chi connectivity index (χ0n) is 12.1. The molecule has 2 rings (SSSR count). The summed E-state index contributed by atoms with van der Waals surface area (Å²) < 4.78 is 5.71. The average molecular weight is 262 g/mol. The van der Waals surface area contributed by atoms with Crippen molar-refractivity contribution < 1.29 is 4.74 Å². The van der Waals surface area contributed by atoms with Crippen LogP contribution in [0.4, 0.5) is 0 Å². The van der Waals surface area contributed by atoms with E-state index >= 15 is 0 Å². The second-order valence-corrected chi connectivity index (χ2v) is 5.90. The van der Waals surface area contributed by atoms with Crippen molar-refractivity contribution >= 4 is 0 Å². The molecule has 1 heterocycles. The van der Waals surface area contributed by atoms with Gasteiger partial charge in [-0.15, -0.1) is 0 Å². The molecule has 0 saturated carbocycles. The summed E-state index contributed by atoms with van der Waals surface area (Å²) in [4.78, 5) is 2.50. The topological polar surface area (TPSA) is 38.5 Å². The summed E-state index contributed by atoms with van der Waals surface area (Å²) in [6.07, 6.45) is 1.43. The molecule has 0 bridgehead atoms. The Bertz CT molecular complexity index is 382. The lowest BCUT2D eigenvalue weighted by molar-refractivity contribution is 0.0648. The Morgan fingerprint density at radius 1 is 1.37 bits per heavy atom. The molecule has 3 heteroatoms. The Kier molecular flexibility index (Phi) is 4.97. The lowest BCUT2D eigenvalue weighted by atomic mass is 9.82. The van der Waals surface area contributed by atoms with Crippen molar-refractivity contribution in [2.24, 2.45) is 5.73 Å². The van der Waals surface area contributed by atoms with Crippen LogP contribution in [-0.4, -0.2) is 43.8 Å². The quantitative estimate of drug-likeness (QED) is 0.902. The minimum atomic E-state index is 0.0192. The van der Waals surface area contributed by atoms with Crippen LogP contribution in [0, 0.1) is 0 Å². The molecule has 19 heavy (non-hydrogen) atoms. The van der Waals surface area contributed by atoms with Gasteiger partial charge in [-0.25, -0.2) is 0 Å². The van der Waals surface area contributed by atoms with Crippen molar-refractivity contribution in [3.63, 3.8) is 0 Å². The van der Waals surface area contributed by atoms with Crippen LogP contribution in [-0.2, 0) is 10.2 Å². The van der Waals surface area contributed by atoms with E-state index in [1.807, 2.05) is 0 Å². The number of nitrogens with two attached hydrogens (primary N) is 1. The second kappa shape index (κ2) is 6.51. The van der Waals surface area contributed by atoms with Gasteiger partial charge in [0.15, 0.2) is 0 Å². The van der Waals surface area contributed by atoms with Gasteiger partial charge in [0.2, 0.25) is 0 Å². The van der Waals surface area contributed by atoms with Crippen molar-refractivity contribution in [3.05, 3.63) is 35.9 Å². The van der Waals surface area contributed by atoms with Gasteiger partial charge in [-0.3, -0.25) is 4.90 Å². The molecule has 1 fully saturated rings. The lowest BCUT2D eigenvalue weighted by Gasteiger charge is -2.35. The van der Waals surface area contributed by atoms with Gasteiger partial charge in [0, 0.05) is 38.2 Å². The molecule has 1 aliphatic rings. The van der Waals surface area contributed by atoms with Gasteiger partial charge >= 0.3 is 0 Å². The second-order valence-electron chi connectivity index (χ2n) is 5.90. The standard InChI is InChI=1S/C16H26N2O/c1-14-11-18(9-6-10-19-14)13-16(2,12-17)15-7-4-3-5-8-15/h3-5,7-8,14H,6,9-13,17H2,1-2H3. The Hall–Kier alpha value is -0.900. The molecule has 0 radical (unpaired) electrons. The highest BCUT2D eigenvalue weighted by Gasteiger charge is 2.29. The fourth-order valence-corrected chi connectivity index (χ4v) is 2.83. The summed E-state index contributed by atoms with van der Waals surface area (Å²) in [6, 6.07) is 10.6. The highest BCUT2D eigenvalue weighted by Crippen LogP contribution is 2.24. The van der Waals surface area contributed by atoms with Gasteiger partial charge in [0.1, 0.15) is 0 Å². The maximum atomic E-state index is 6.07. The molecule has 1 saturated heterocycles. The Balaban J connectivity index is 2.09. The zero-order valence-corrected chi connectivity index (χ0v) is 12.1. The first kappa shape index (κ1) is 14.5. The first-order chi connectivity index (χ1) is 9.14. The van der Waals surface area contributed by atoms with E-state index in [4.69, 9.17) is 10.5 Å². The van der Waals surface area contributed by atoms with Gasteiger partial charge < -0.3 is 10.5 Å². The fourth-order valence-electron chi connectivity index (χ4n) is 2.83. The molecule has 3 nitrogen and oxygen atoms in total. The summed E-state index contributed by atoms with van der Waals surface area (Å²) >= 11 is 0. The lowest BCUT2D eigenvalue weighted by Crippen LogP contribution is -2.45. The maximum absolute atomic E-state index is 6.07. The van der Waals surface area contributed by atoms with E-state index in [-0.39, 0.29) is 5.41 Å². The van der Waals surface area contributed by atoms with Crippen molar-refractivity contribution in [2.45, 2.75) is 31.8 Å². The molecule has 106 valence electrons. The van der Waals surface area contributed by atoms with E-state index in [9.17, 15) is 0 Å². The number of ether oxygens (including phenoxy) is 1. The third-order valence-corrected chi connectivity index (χ3v) is 4.03. The Morgan fingerprint density at radius 3 is 2.79 bits per heavy atom. The predicted octanol–water partition coefficient (Wildman–Crippen LogP) is 2.01. The van der Waals surface area contributed by atoms with E-state index in [2.05, 4.69) is 49.1 Å². The SMILES string of the molecule is CC1CN(CC(C)(CN)c2ccccc2)CCCO1. The molecule has 0 aliphatic carbocycles. The van der Waals surface area contributed by atoms with E-state index in [1.165, 1.54) is 5.56 Å². The summed E-state index contributed by atoms with van der Waals surface area (Å²) in [7, 11) is 0. The van der Waals surface area contributed by atoms with Gasteiger partial charge in [0.05, 0.1) is 6.10 Å². The molecule has 2 atom stereocenters. The Labute approximate surface area is 116 Å². The van der Waals surface area contributed by atoms with Crippen LogP contribution >= 0.6 is 0 Å². The summed E-state index contributed by atoms with van der Waals surface area (Å²) in [5.41, 5.74) is 7.42. The molecular weight excluding hydrogens is 236 g/mol. The third kappa shape index (κ3) is 3.78. The Morgan fingerprint density at radius 2 is 2.11 bits per heavy atom. The normalized spacial score (nSPS) is 24.7. The fraction of sp³-hybridized carbons (Fsp3) is 0.625. The summed E-state index contributed by atoms with van der Waals surface area (Å²) in [5, 5.41) is 0. The van der Waals surface area contributed by atoms with Crippen molar-refractivity contribution in [2.75, 3.05) is 32.8 Å². The molecule has 2 unspecified atom stereocenters. The molecular formula is C16H26N2O. The number of benzene rings is 1. The van der Waals surface area contributed by atoms with Gasteiger partial charge in [-0.2, -0.15) is 0 Å². The largest absolute Gasteiger partial charge is 0.377 e. The van der Waals surface area contributed by atoms with E-state index in [0.29, 0.717) is 12.6 Å². The monoisotopic (exact) mass is 262 g/mol. The molecule has 0 spiro atoms. The first-order valence-electron chi connectivity index (χ1n) is 7.23. The van der Waals surface area contributed by atoms with Crippen LogP contribution < -0.4 is 5.73 Å². The number of hydrogen-bond acceptors (Lipinski definition) is 3. The number of hydrogen-bond donors (Lipinski definition) is 1. The minimum absolute atomic E-state index is 0.0192. The van der Waals surface area contributed by atoms with Crippen molar-refractivity contribution in [1.29, 1.82) is 0 Å². The van der Waals surface area contributed by atoms with Crippen LogP contribution in [0.2, 0.25) is 0 Å². The maximum Gasteiger partial charge on any atom is 0.0673 e. The van der Waals surface area contributed by atoms with Crippen LogP contribution in [0.3, 0.4) is 0 Å². The average Bonchev–Trinajstić information content (AvgIpc) is 2.64. The van der Waals surface area contributed by atoms with Crippen molar-refractivity contribution in [1.82, 2.24) is 4.90 Å². The smallest absolute Gasteiger partial charge is 0.0673 e. The molecule has 1 aromatic carbocycles. The van der Waals surface area contributed by atoms with Crippen molar-refractivity contribution in [3.8, 4) is 0 Å².